The first-order valence-electron chi connectivity index (χ1n) is 6.40. The topological polar surface area (TPSA) is 66.4 Å². The van der Waals surface area contributed by atoms with Crippen molar-refractivity contribution in [2.75, 3.05) is 6.54 Å². The molecule has 0 aromatic heterocycles. The Kier molecular flexibility index (Phi) is 6.79. The Balaban J connectivity index is 2.67. The SMILES string of the molecule is CCCCCCNS(=O)(=O)c1ccc(Cl)c(CO)c1. The lowest BCUT2D eigenvalue weighted by Gasteiger charge is -2.08. The second kappa shape index (κ2) is 7.85. The van der Waals surface area contributed by atoms with E-state index >= 15 is 0 Å². The van der Waals surface area contributed by atoms with E-state index in [1.807, 2.05) is 0 Å². The van der Waals surface area contributed by atoms with Gasteiger partial charge in [0.25, 0.3) is 0 Å². The lowest BCUT2D eigenvalue weighted by Crippen LogP contribution is -2.24. The molecule has 108 valence electrons. The van der Waals surface area contributed by atoms with Crippen molar-refractivity contribution in [2.24, 2.45) is 0 Å². The molecular weight excluding hydrogens is 286 g/mol. The molecule has 0 amide bonds. The van der Waals surface area contributed by atoms with Crippen LogP contribution in [0.1, 0.15) is 38.2 Å². The Morgan fingerprint density at radius 1 is 1.26 bits per heavy atom. The summed E-state index contributed by atoms with van der Waals surface area (Å²) in [5.74, 6) is 0. The summed E-state index contributed by atoms with van der Waals surface area (Å²) in [6, 6.07) is 4.32. The van der Waals surface area contributed by atoms with Crippen LogP contribution in [0.4, 0.5) is 0 Å². The molecule has 6 heteroatoms. The summed E-state index contributed by atoms with van der Waals surface area (Å²) in [4.78, 5) is 0.136. The Bertz CT molecular complexity index is 503. The fraction of sp³-hybridized carbons (Fsp3) is 0.538. The maximum atomic E-state index is 12.0. The largest absolute Gasteiger partial charge is 0.392 e. The lowest BCUT2D eigenvalue weighted by molar-refractivity contribution is 0.281. The van der Waals surface area contributed by atoms with Gasteiger partial charge in [0.2, 0.25) is 10.0 Å². The van der Waals surface area contributed by atoms with Crippen LogP contribution in [0.3, 0.4) is 0 Å². The number of benzene rings is 1. The van der Waals surface area contributed by atoms with Gasteiger partial charge >= 0.3 is 0 Å². The highest BCUT2D eigenvalue weighted by Crippen LogP contribution is 2.20. The number of unbranched alkanes of at least 4 members (excludes halogenated alkanes) is 3. The van der Waals surface area contributed by atoms with Crippen molar-refractivity contribution < 1.29 is 13.5 Å². The molecule has 0 saturated carbocycles. The molecule has 0 radical (unpaired) electrons. The van der Waals surface area contributed by atoms with Gasteiger partial charge in [-0.2, -0.15) is 0 Å². The molecule has 0 saturated heterocycles. The van der Waals surface area contributed by atoms with Crippen LogP contribution in [0.2, 0.25) is 5.02 Å². The molecule has 1 aromatic rings. The van der Waals surface area contributed by atoms with E-state index in [0.717, 1.165) is 25.7 Å². The lowest BCUT2D eigenvalue weighted by atomic mass is 10.2. The first-order chi connectivity index (χ1) is 9.01. The van der Waals surface area contributed by atoms with Crippen molar-refractivity contribution in [3.8, 4) is 0 Å². The number of aliphatic hydroxyl groups excluding tert-OH is 1. The Morgan fingerprint density at radius 3 is 2.63 bits per heavy atom. The summed E-state index contributed by atoms with van der Waals surface area (Å²) in [7, 11) is -3.52. The van der Waals surface area contributed by atoms with Crippen molar-refractivity contribution >= 4 is 21.6 Å². The zero-order chi connectivity index (χ0) is 14.3. The molecule has 0 aliphatic rings. The van der Waals surface area contributed by atoms with E-state index in [1.165, 1.54) is 18.2 Å². The maximum absolute atomic E-state index is 12.0. The van der Waals surface area contributed by atoms with Crippen molar-refractivity contribution in [3.63, 3.8) is 0 Å². The highest BCUT2D eigenvalue weighted by Gasteiger charge is 2.14. The smallest absolute Gasteiger partial charge is 0.240 e. The van der Waals surface area contributed by atoms with Crippen molar-refractivity contribution in [1.29, 1.82) is 0 Å². The van der Waals surface area contributed by atoms with E-state index in [1.54, 1.807) is 0 Å². The molecule has 1 aromatic carbocycles. The Morgan fingerprint density at radius 2 is 2.00 bits per heavy atom. The summed E-state index contributed by atoms with van der Waals surface area (Å²) in [5.41, 5.74) is 0.413. The second-order valence-corrected chi connectivity index (χ2v) is 6.54. The summed E-state index contributed by atoms with van der Waals surface area (Å²) in [6.07, 6.45) is 4.07. The van der Waals surface area contributed by atoms with Gasteiger partial charge in [-0.25, -0.2) is 13.1 Å². The third kappa shape index (κ3) is 5.10. The van der Waals surface area contributed by atoms with E-state index < -0.39 is 10.0 Å². The van der Waals surface area contributed by atoms with Crippen LogP contribution < -0.4 is 4.72 Å². The molecule has 19 heavy (non-hydrogen) atoms. The third-order valence-corrected chi connectivity index (χ3v) is 4.65. The van der Waals surface area contributed by atoms with Crippen LogP contribution in [-0.2, 0) is 16.6 Å². The minimum absolute atomic E-state index is 0.136. The summed E-state index contributed by atoms with van der Waals surface area (Å²) in [5, 5.41) is 9.45. The Labute approximate surface area is 119 Å². The number of halogens is 1. The molecule has 1 rings (SSSR count). The summed E-state index contributed by atoms with van der Waals surface area (Å²) in [6.45, 7) is 2.26. The average molecular weight is 306 g/mol. The first kappa shape index (κ1) is 16.4. The molecule has 0 fully saturated rings. The van der Waals surface area contributed by atoms with E-state index in [9.17, 15) is 8.42 Å². The predicted octanol–water partition coefficient (Wildman–Crippen LogP) is 2.69. The fourth-order valence-electron chi connectivity index (χ4n) is 1.68. The second-order valence-electron chi connectivity index (χ2n) is 4.37. The third-order valence-electron chi connectivity index (χ3n) is 2.82. The van der Waals surface area contributed by atoms with Crippen LogP contribution in [0, 0.1) is 0 Å². The highest BCUT2D eigenvalue weighted by atomic mass is 35.5. The van der Waals surface area contributed by atoms with Gasteiger partial charge in [0.15, 0.2) is 0 Å². The van der Waals surface area contributed by atoms with Gasteiger partial charge < -0.3 is 5.11 Å². The Hall–Kier alpha value is -0.620. The number of rotatable bonds is 8. The van der Waals surface area contributed by atoms with Gasteiger partial charge in [0, 0.05) is 11.6 Å². The monoisotopic (exact) mass is 305 g/mol. The van der Waals surface area contributed by atoms with Crippen molar-refractivity contribution in [2.45, 2.75) is 44.1 Å². The highest BCUT2D eigenvalue weighted by molar-refractivity contribution is 7.89. The minimum Gasteiger partial charge on any atom is -0.392 e. The first-order valence-corrected chi connectivity index (χ1v) is 8.26. The van der Waals surface area contributed by atoms with E-state index in [0.29, 0.717) is 17.1 Å². The summed E-state index contributed by atoms with van der Waals surface area (Å²) >= 11 is 5.83. The number of nitrogens with one attached hydrogen (secondary N) is 1. The number of hydrogen-bond donors (Lipinski definition) is 2. The van der Waals surface area contributed by atoms with Crippen LogP contribution in [0.25, 0.3) is 0 Å². The molecule has 0 spiro atoms. The fourth-order valence-corrected chi connectivity index (χ4v) is 2.98. The molecule has 0 atom stereocenters. The van der Waals surface area contributed by atoms with Crippen LogP contribution in [0.15, 0.2) is 23.1 Å². The summed E-state index contributed by atoms with van der Waals surface area (Å²) < 4.78 is 26.6. The molecule has 2 N–H and O–H groups in total. The molecule has 0 unspecified atom stereocenters. The van der Waals surface area contributed by atoms with Crippen LogP contribution in [-0.4, -0.2) is 20.1 Å². The van der Waals surface area contributed by atoms with E-state index in [2.05, 4.69) is 11.6 Å². The number of sulfonamides is 1. The molecular formula is C13H20ClNO3S. The minimum atomic E-state index is -3.52. The van der Waals surface area contributed by atoms with Gasteiger partial charge in [-0.15, -0.1) is 0 Å². The maximum Gasteiger partial charge on any atom is 0.240 e. The van der Waals surface area contributed by atoms with Gasteiger partial charge in [-0.3, -0.25) is 0 Å². The standard InChI is InChI=1S/C13H20ClNO3S/c1-2-3-4-5-8-15-19(17,18)12-6-7-13(14)11(9-12)10-16/h6-7,9,15-16H,2-5,8,10H2,1H3. The van der Waals surface area contributed by atoms with Crippen LogP contribution >= 0.6 is 11.6 Å². The van der Waals surface area contributed by atoms with E-state index in [-0.39, 0.29) is 11.5 Å². The molecule has 0 bridgehead atoms. The van der Waals surface area contributed by atoms with Crippen molar-refractivity contribution in [1.82, 2.24) is 4.72 Å². The molecule has 0 aliphatic carbocycles. The molecule has 0 aliphatic heterocycles. The quantitative estimate of drug-likeness (QED) is 0.726. The van der Waals surface area contributed by atoms with Gasteiger partial charge in [-0.1, -0.05) is 37.8 Å². The zero-order valence-corrected chi connectivity index (χ0v) is 12.6. The van der Waals surface area contributed by atoms with Gasteiger partial charge in [-0.05, 0) is 30.2 Å². The van der Waals surface area contributed by atoms with Gasteiger partial charge in [0.05, 0.1) is 11.5 Å². The molecule has 4 nitrogen and oxygen atoms in total. The van der Waals surface area contributed by atoms with Gasteiger partial charge in [0.1, 0.15) is 0 Å². The van der Waals surface area contributed by atoms with E-state index in [4.69, 9.17) is 16.7 Å². The normalized spacial score (nSPS) is 11.7. The van der Waals surface area contributed by atoms with Crippen molar-refractivity contribution in [3.05, 3.63) is 28.8 Å². The number of hydrogen-bond acceptors (Lipinski definition) is 3. The van der Waals surface area contributed by atoms with Crippen LogP contribution in [0.5, 0.6) is 0 Å². The zero-order valence-electron chi connectivity index (χ0n) is 11.0. The average Bonchev–Trinajstić information content (AvgIpc) is 2.38. The predicted molar refractivity (Wildman–Crippen MR) is 76.7 cm³/mol. The molecule has 0 heterocycles. The number of aliphatic hydroxyl groups is 1.